The van der Waals surface area contributed by atoms with Gasteiger partial charge >= 0.3 is 49.9 Å². The number of hydroxylamine groups is 1. The Kier molecular flexibility index (Phi) is 5.56. The summed E-state index contributed by atoms with van der Waals surface area (Å²) < 4.78 is 1.04. The fourth-order valence-electron chi connectivity index (χ4n) is 0.112. The predicted octanol–water partition coefficient (Wildman–Crippen LogP) is 0.0657. The Morgan fingerprint density at radius 3 is 2.67 bits per heavy atom. The summed E-state index contributed by atoms with van der Waals surface area (Å²) in [5.41, 5.74) is 1.90. The Morgan fingerprint density at radius 2 is 2.50 bits per heavy atom. The van der Waals surface area contributed by atoms with Crippen molar-refractivity contribution in [2.45, 2.75) is 4.44 Å². The first-order chi connectivity index (χ1) is 2.91. The van der Waals surface area contributed by atoms with E-state index >= 15 is 0 Å². The summed E-state index contributed by atoms with van der Waals surface area (Å²) in [6.45, 7) is 0. The van der Waals surface area contributed by atoms with Crippen molar-refractivity contribution in [3.63, 3.8) is 0 Å². The van der Waals surface area contributed by atoms with Crippen molar-refractivity contribution in [3.05, 3.63) is 12.3 Å². The van der Waals surface area contributed by atoms with Gasteiger partial charge in [0.25, 0.3) is 0 Å². The van der Waals surface area contributed by atoms with Crippen LogP contribution >= 0.6 is 0 Å². The van der Waals surface area contributed by atoms with Gasteiger partial charge in [0.15, 0.2) is 0 Å². The van der Waals surface area contributed by atoms with E-state index in [-0.39, 0.29) is 0 Å². The SMILES string of the molecule is ONC=C[CH2][Sn]. The van der Waals surface area contributed by atoms with E-state index in [2.05, 4.69) is 0 Å². The molecule has 0 amide bonds. The zero-order valence-electron chi connectivity index (χ0n) is 3.31. The average molecular weight is 191 g/mol. The van der Waals surface area contributed by atoms with Gasteiger partial charge in [-0.25, -0.2) is 0 Å². The van der Waals surface area contributed by atoms with Crippen LogP contribution in [0.4, 0.5) is 0 Å². The molecule has 0 atom stereocenters. The van der Waals surface area contributed by atoms with E-state index in [1.54, 1.807) is 0 Å². The first-order valence-corrected chi connectivity index (χ1v) is 3.63. The Labute approximate surface area is 50.3 Å². The molecule has 0 fully saturated rings. The molecular weight excluding hydrogens is 185 g/mol. The van der Waals surface area contributed by atoms with Gasteiger partial charge in [0.1, 0.15) is 0 Å². The second-order valence-electron chi connectivity index (χ2n) is 0.736. The van der Waals surface area contributed by atoms with E-state index < -0.39 is 0 Å². The van der Waals surface area contributed by atoms with E-state index in [1.165, 1.54) is 28.7 Å². The van der Waals surface area contributed by atoms with Crippen LogP contribution in [-0.4, -0.2) is 27.7 Å². The molecule has 3 heteroatoms. The predicted molar refractivity (Wildman–Crippen MR) is 24.6 cm³/mol. The summed E-state index contributed by atoms with van der Waals surface area (Å²) >= 11 is 1.46. The summed E-state index contributed by atoms with van der Waals surface area (Å²) in [5, 5.41) is 7.87. The second kappa shape index (κ2) is 5.30. The molecule has 33 valence electrons. The molecule has 0 saturated carbocycles. The van der Waals surface area contributed by atoms with Crippen molar-refractivity contribution in [3.8, 4) is 0 Å². The van der Waals surface area contributed by atoms with Crippen molar-refractivity contribution >= 4 is 22.5 Å². The Morgan fingerprint density at radius 1 is 1.83 bits per heavy atom. The van der Waals surface area contributed by atoms with Gasteiger partial charge in [0.05, 0.1) is 0 Å². The van der Waals surface area contributed by atoms with E-state index in [0.717, 1.165) is 4.44 Å². The Balaban J connectivity index is 2.73. The number of rotatable bonds is 2. The normalized spacial score (nSPS) is 9.67. The molecule has 0 rings (SSSR count). The standard InChI is InChI=1S/C3H6NO.Sn/c1-2-3-4-5;/h2-5H,1H2;. The van der Waals surface area contributed by atoms with Crippen molar-refractivity contribution in [1.82, 2.24) is 5.48 Å². The van der Waals surface area contributed by atoms with Crippen molar-refractivity contribution in [2.24, 2.45) is 0 Å². The van der Waals surface area contributed by atoms with Gasteiger partial charge in [0.2, 0.25) is 0 Å². The molecule has 0 aromatic heterocycles. The van der Waals surface area contributed by atoms with Gasteiger partial charge < -0.3 is 0 Å². The van der Waals surface area contributed by atoms with Crippen LogP contribution in [0.1, 0.15) is 0 Å². The van der Waals surface area contributed by atoms with Crippen LogP contribution < -0.4 is 5.48 Å². The molecule has 2 nitrogen and oxygen atoms in total. The fourth-order valence-corrected chi connectivity index (χ4v) is 0.448. The molecule has 0 heterocycles. The maximum absolute atomic E-state index is 7.87. The molecule has 0 spiro atoms. The van der Waals surface area contributed by atoms with Crippen LogP contribution in [0.15, 0.2) is 12.3 Å². The summed E-state index contributed by atoms with van der Waals surface area (Å²) in [4.78, 5) is 0. The van der Waals surface area contributed by atoms with Gasteiger partial charge in [-0.2, -0.15) is 0 Å². The van der Waals surface area contributed by atoms with Gasteiger partial charge in [0, 0.05) is 0 Å². The summed E-state index contributed by atoms with van der Waals surface area (Å²) in [6.07, 6.45) is 3.37. The van der Waals surface area contributed by atoms with Gasteiger partial charge in [-0.05, 0) is 0 Å². The molecule has 0 aliphatic rings. The average Bonchev–Trinajstić information content (AvgIpc) is 1.61. The molecule has 0 saturated heterocycles. The summed E-state index contributed by atoms with van der Waals surface area (Å²) in [7, 11) is 0. The molecule has 0 aliphatic heterocycles. The third-order valence-electron chi connectivity index (χ3n) is 0.310. The topological polar surface area (TPSA) is 32.3 Å². The Bertz CT molecular complexity index is 40.1. The summed E-state index contributed by atoms with van der Waals surface area (Å²) in [6, 6.07) is 0. The first-order valence-electron chi connectivity index (χ1n) is 1.61. The molecule has 0 aromatic carbocycles. The van der Waals surface area contributed by atoms with E-state index in [0.29, 0.717) is 0 Å². The van der Waals surface area contributed by atoms with E-state index in [4.69, 9.17) is 5.21 Å². The van der Waals surface area contributed by atoms with Crippen molar-refractivity contribution in [1.29, 1.82) is 0 Å². The number of allylic oxidation sites excluding steroid dienone is 1. The molecular formula is C3H6NOSn. The third kappa shape index (κ3) is 4.30. The summed E-state index contributed by atoms with van der Waals surface area (Å²) in [5.74, 6) is 0. The third-order valence-corrected chi connectivity index (χ3v) is 0.983. The first kappa shape index (κ1) is 6.30. The van der Waals surface area contributed by atoms with Crippen LogP contribution in [-0.2, 0) is 0 Å². The van der Waals surface area contributed by atoms with Crippen LogP contribution in [0.25, 0.3) is 0 Å². The van der Waals surface area contributed by atoms with Crippen LogP contribution in [0.2, 0.25) is 4.44 Å². The minimum atomic E-state index is 1.04. The van der Waals surface area contributed by atoms with E-state index in [9.17, 15) is 0 Å². The monoisotopic (exact) mass is 192 g/mol. The molecule has 6 heavy (non-hydrogen) atoms. The number of hydrogen-bond donors (Lipinski definition) is 2. The van der Waals surface area contributed by atoms with Gasteiger partial charge in [-0.1, -0.05) is 0 Å². The van der Waals surface area contributed by atoms with Crippen LogP contribution in [0, 0.1) is 0 Å². The fraction of sp³-hybridized carbons (Fsp3) is 0.333. The van der Waals surface area contributed by atoms with Gasteiger partial charge in [-0.15, -0.1) is 0 Å². The molecule has 0 unspecified atom stereocenters. The molecule has 0 aliphatic carbocycles. The quantitative estimate of drug-likeness (QED) is 0.477. The second-order valence-corrected chi connectivity index (χ2v) is 1.90. The van der Waals surface area contributed by atoms with Crippen molar-refractivity contribution in [2.75, 3.05) is 0 Å². The van der Waals surface area contributed by atoms with Crippen molar-refractivity contribution < 1.29 is 5.21 Å². The van der Waals surface area contributed by atoms with Crippen LogP contribution in [0.3, 0.4) is 0 Å². The molecule has 3 radical (unpaired) electrons. The number of nitrogens with one attached hydrogen (secondary N) is 1. The number of hydrogen-bond acceptors (Lipinski definition) is 2. The zero-order valence-corrected chi connectivity index (χ0v) is 6.16. The van der Waals surface area contributed by atoms with Crippen LogP contribution in [0.5, 0.6) is 0 Å². The molecule has 0 bridgehead atoms. The van der Waals surface area contributed by atoms with Gasteiger partial charge in [-0.3, -0.25) is 0 Å². The zero-order chi connectivity index (χ0) is 4.83. The Hall–Kier alpha value is 0.299. The minimum absolute atomic E-state index is 1.04. The maximum atomic E-state index is 7.87. The molecule has 0 aromatic rings. The van der Waals surface area contributed by atoms with E-state index in [1.807, 2.05) is 11.6 Å². The molecule has 2 N–H and O–H groups in total.